The summed E-state index contributed by atoms with van der Waals surface area (Å²) in [5.74, 6) is 1.98. The number of carbonyl (C=O) groups is 1. The number of aromatic nitrogens is 2. The monoisotopic (exact) mass is 394 g/mol. The molecule has 0 spiro atoms. The number of carbonyl (C=O) groups excluding carboxylic acids is 1. The molecule has 1 atom stereocenters. The summed E-state index contributed by atoms with van der Waals surface area (Å²) in [6.07, 6.45) is 6.04. The molecule has 1 saturated heterocycles. The van der Waals surface area contributed by atoms with Crippen molar-refractivity contribution in [2.24, 2.45) is 5.41 Å². The number of amides is 1. The summed E-state index contributed by atoms with van der Waals surface area (Å²) < 4.78 is 10.7. The average Bonchev–Trinajstić information content (AvgIpc) is 3.37. The van der Waals surface area contributed by atoms with Gasteiger partial charge in [0.1, 0.15) is 0 Å². The maximum atomic E-state index is 13.0. The lowest BCUT2D eigenvalue weighted by atomic mass is 9.74. The minimum absolute atomic E-state index is 0.0520. The van der Waals surface area contributed by atoms with Crippen LogP contribution >= 0.6 is 0 Å². The maximum absolute atomic E-state index is 13.0. The summed E-state index contributed by atoms with van der Waals surface area (Å²) in [7, 11) is 0. The summed E-state index contributed by atoms with van der Waals surface area (Å²) in [6.45, 7) is 6.70. The second-order valence-electron chi connectivity index (χ2n) is 8.91. The fourth-order valence-electron chi connectivity index (χ4n) is 4.51. The van der Waals surface area contributed by atoms with Crippen LogP contribution < -0.4 is 19.7 Å². The van der Waals surface area contributed by atoms with Crippen LogP contribution in [0.15, 0.2) is 24.4 Å². The van der Waals surface area contributed by atoms with Gasteiger partial charge >= 0.3 is 0 Å². The molecule has 1 aromatic heterocycles. The van der Waals surface area contributed by atoms with Crippen LogP contribution in [0.25, 0.3) is 0 Å². The van der Waals surface area contributed by atoms with E-state index in [1.807, 2.05) is 6.20 Å². The van der Waals surface area contributed by atoms with Crippen LogP contribution in [0.3, 0.4) is 0 Å². The normalized spacial score (nSPS) is 21.7. The van der Waals surface area contributed by atoms with E-state index >= 15 is 0 Å². The van der Waals surface area contributed by atoms with Crippen molar-refractivity contribution in [1.29, 1.82) is 0 Å². The van der Waals surface area contributed by atoms with Crippen molar-refractivity contribution in [3.05, 3.63) is 41.2 Å². The molecule has 1 fully saturated rings. The van der Waals surface area contributed by atoms with Gasteiger partial charge in [0.2, 0.25) is 12.7 Å². The van der Waals surface area contributed by atoms with Crippen LogP contribution in [0, 0.1) is 5.41 Å². The number of rotatable bonds is 3. The van der Waals surface area contributed by atoms with E-state index in [9.17, 15) is 4.79 Å². The molecular formula is C22H26N4O3. The van der Waals surface area contributed by atoms with E-state index in [-0.39, 0.29) is 24.2 Å². The molecule has 0 bridgehead atoms. The second kappa shape index (κ2) is 6.90. The molecule has 1 aliphatic carbocycles. The van der Waals surface area contributed by atoms with Crippen LogP contribution in [0.2, 0.25) is 0 Å². The standard InChI is InChI=1S/C22H26N4O3/c1-22(2)10-16(24-20(27)14-5-6-18-19(9-14)29-13-28-18)15-12-23-21(25-17(15)11-22)26-7-3-4-8-26/h5-6,9,12,16H,3-4,7-8,10-11,13H2,1-2H3,(H,24,27). The Bertz CT molecular complexity index is 953. The fraction of sp³-hybridized carbons (Fsp3) is 0.500. The first kappa shape index (κ1) is 18.2. The van der Waals surface area contributed by atoms with Crippen molar-refractivity contribution in [3.63, 3.8) is 0 Å². The molecule has 29 heavy (non-hydrogen) atoms. The summed E-state index contributed by atoms with van der Waals surface area (Å²) in [5, 5.41) is 3.20. The Morgan fingerprint density at radius 2 is 2.00 bits per heavy atom. The lowest BCUT2D eigenvalue weighted by Gasteiger charge is -2.36. The number of ether oxygens (including phenoxy) is 2. The van der Waals surface area contributed by atoms with Crippen molar-refractivity contribution in [3.8, 4) is 11.5 Å². The molecule has 2 aliphatic heterocycles. The van der Waals surface area contributed by atoms with E-state index in [0.29, 0.717) is 17.1 Å². The van der Waals surface area contributed by atoms with Gasteiger partial charge in [0.15, 0.2) is 11.5 Å². The van der Waals surface area contributed by atoms with Crippen molar-refractivity contribution >= 4 is 11.9 Å². The Hall–Kier alpha value is -2.83. The van der Waals surface area contributed by atoms with Crippen LogP contribution in [-0.2, 0) is 6.42 Å². The highest BCUT2D eigenvalue weighted by molar-refractivity contribution is 5.95. The van der Waals surface area contributed by atoms with Crippen molar-refractivity contribution in [1.82, 2.24) is 15.3 Å². The van der Waals surface area contributed by atoms with E-state index in [1.165, 1.54) is 12.8 Å². The summed E-state index contributed by atoms with van der Waals surface area (Å²) in [4.78, 5) is 24.7. The molecule has 1 amide bonds. The largest absolute Gasteiger partial charge is 0.454 e. The first-order valence-corrected chi connectivity index (χ1v) is 10.3. The Balaban J connectivity index is 1.41. The van der Waals surface area contributed by atoms with Gasteiger partial charge in [0, 0.05) is 30.4 Å². The second-order valence-corrected chi connectivity index (χ2v) is 8.91. The highest BCUT2D eigenvalue weighted by atomic mass is 16.7. The van der Waals surface area contributed by atoms with Gasteiger partial charge in [0.05, 0.1) is 11.7 Å². The number of hydrogen-bond acceptors (Lipinski definition) is 6. The predicted octanol–water partition coefficient (Wildman–Crippen LogP) is 3.25. The van der Waals surface area contributed by atoms with Crippen molar-refractivity contribution in [2.75, 3.05) is 24.8 Å². The number of hydrogen-bond donors (Lipinski definition) is 1. The molecule has 1 N–H and O–H groups in total. The van der Waals surface area contributed by atoms with Gasteiger partial charge in [-0.2, -0.15) is 0 Å². The van der Waals surface area contributed by atoms with Gasteiger partial charge in [-0.1, -0.05) is 13.8 Å². The van der Waals surface area contributed by atoms with E-state index in [2.05, 4.69) is 29.0 Å². The van der Waals surface area contributed by atoms with Gasteiger partial charge in [-0.3, -0.25) is 4.79 Å². The van der Waals surface area contributed by atoms with Crippen molar-refractivity contribution in [2.45, 2.75) is 45.6 Å². The lowest BCUT2D eigenvalue weighted by Crippen LogP contribution is -2.37. The minimum atomic E-state index is -0.124. The first-order valence-electron chi connectivity index (χ1n) is 10.3. The fourth-order valence-corrected chi connectivity index (χ4v) is 4.51. The van der Waals surface area contributed by atoms with E-state index in [1.54, 1.807) is 18.2 Å². The van der Waals surface area contributed by atoms with Gasteiger partial charge in [-0.25, -0.2) is 9.97 Å². The van der Waals surface area contributed by atoms with Crippen LogP contribution in [0.5, 0.6) is 11.5 Å². The Kier molecular flexibility index (Phi) is 4.33. The first-order chi connectivity index (χ1) is 14.0. The number of anilines is 1. The SMILES string of the molecule is CC1(C)Cc2nc(N3CCCC3)ncc2C(NC(=O)c2ccc3c(c2)OCO3)C1. The molecule has 1 unspecified atom stereocenters. The highest BCUT2D eigenvalue weighted by Gasteiger charge is 2.35. The van der Waals surface area contributed by atoms with Crippen LogP contribution in [0.4, 0.5) is 5.95 Å². The molecule has 0 saturated carbocycles. The average molecular weight is 394 g/mol. The Morgan fingerprint density at radius 1 is 1.21 bits per heavy atom. The third kappa shape index (κ3) is 3.50. The number of nitrogens with zero attached hydrogens (tertiary/aromatic N) is 3. The zero-order chi connectivity index (χ0) is 20.0. The summed E-state index contributed by atoms with van der Waals surface area (Å²) in [5.41, 5.74) is 2.69. The van der Waals surface area contributed by atoms with E-state index in [0.717, 1.165) is 43.1 Å². The van der Waals surface area contributed by atoms with Gasteiger partial charge in [-0.05, 0) is 49.3 Å². The number of nitrogens with one attached hydrogen (secondary N) is 1. The zero-order valence-corrected chi connectivity index (χ0v) is 16.9. The van der Waals surface area contributed by atoms with Crippen molar-refractivity contribution < 1.29 is 14.3 Å². The quantitative estimate of drug-likeness (QED) is 0.861. The maximum Gasteiger partial charge on any atom is 0.251 e. The van der Waals surface area contributed by atoms with Crippen LogP contribution in [0.1, 0.15) is 60.8 Å². The molecule has 1 aromatic carbocycles. The Labute approximate surface area is 170 Å². The molecule has 3 aliphatic rings. The summed E-state index contributed by atoms with van der Waals surface area (Å²) in [6, 6.07) is 5.17. The molecular weight excluding hydrogens is 368 g/mol. The highest BCUT2D eigenvalue weighted by Crippen LogP contribution is 2.40. The number of fused-ring (bicyclic) bond motifs is 2. The Morgan fingerprint density at radius 3 is 2.83 bits per heavy atom. The third-order valence-electron chi connectivity index (χ3n) is 5.99. The summed E-state index contributed by atoms with van der Waals surface area (Å²) >= 11 is 0. The molecule has 7 nitrogen and oxygen atoms in total. The molecule has 3 heterocycles. The topological polar surface area (TPSA) is 76.6 Å². The third-order valence-corrected chi connectivity index (χ3v) is 5.99. The molecule has 152 valence electrons. The van der Waals surface area contributed by atoms with Gasteiger partial charge < -0.3 is 19.7 Å². The molecule has 7 heteroatoms. The van der Waals surface area contributed by atoms with E-state index in [4.69, 9.17) is 14.5 Å². The lowest BCUT2D eigenvalue weighted by molar-refractivity contribution is 0.0918. The van der Waals surface area contributed by atoms with Crippen LogP contribution in [-0.4, -0.2) is 35.8 Å². The zero-order valence-electron chi connectivity index (χ0n) is 16.9. The predicted molar refractivity (Wildman–Crippen MR) is 108 cm³/mol. The number of benzene rings is 1. The molecule has 0 radical (unpaired) electrons. The smallest absolute Gasteiger partial charge is 0.251 e. The van der Waals surface area contributed by atoms with Gasteiger partial charge in [-0.15, -0.1) is 0 Å². The van der Waals surface area contributed by atoms with Gasteiger partial charge in [0.25, 0.3) is 5.91 Å². The molecule has 2 aromatic rings. The van der Waals surface area contributed by atoms with E-state index < -0.39 is 0 Å². The minimum Gasteiger partial charge on any atom is -0.454 e. The molecule has 5 rings (SSSR count).